The molecule has 0 radical (unpaired) electrons. The molecule has 1 saturated carbocycles. The van der Waals surface area contributed by atoms with E-state index >= 15 is 0 Å². The van der Waals surface area contributed by atoms with Gasteiger partial charge in [0.1, 0.15) is 16.3 Å². The molecule has 0 atom stereocenters. The van der Waals surface area contributed by atoms with Gasteiger partial charge in [-0.2, -0.15) is 0 Å². The lowest BCUT2D eigenvalue weighted by atomic mass is 9.83. The van der Waals surface area contributed by atoms with E-state index in [1.807, 2.05) is 5.38 Å². The number of carbonyl (C=O) groups excluding carboxylic acids is 2. The molecule has 1 aliphatic carbocycles. The van der Waals surface area contributed by atoms with Gasteiger partial charge in [0.25, 0.3) is 5.91 Å². The summed E-state index contributed by atoms with van der Waals surface area (Å²) in [4.78, 5) is 25.7. The molecule has 184 valence electrons. The van der Waals surface area contributed by atoms with Crippen LogP contribution in [0.3, 0.4) is 0 Å². The lowest BCUT2D eigenvalue weighted by Crippen LogP contribution is -2.21. The third-order valence-electron chi connectivity index (χ3n) is 6.08. The molecule has 4 rings (SSSR count). The maximum absolute atomic E-state index is 13.0. The molecule has 2 aromatic carbocycles. The third-order valence-corrected chi connectivity index (χ3v) is 7.29. The van der Waals surface area contributed by atoms with Crippen LogP contribution in [0.1, 0.15) is 67.8 Å². The number of hydrogen-bond acceptors (Lipinski definition) is 5. The van der Waals surface area contributed by atoms with Crippen molar-refractivity contribution in [3.63, 3.8) is 0 Å². The van der Waals surface area contributed by atoms with Crippen molar-refractivity contribution >= 4 is 39.8 Å². The number of hydrogen-bond donors (Lipinski definition) is 1. The molecule has 0 unspecified atom stereocenters. The van der Waals surface area contributed by atoms with Gasteiger partial charge in [-0.15, -0.1) is 11.3 Å². The fraction of sp³-hybridized carbons (Fsp3) is 0.357. The molecular formula is C28H30ClNO4S. The Balaban J connectivity index is 1.54. The number of rotatable bonds is 8. The van der Waals surface area contributed by atoms with E-state index in [0.29, 0.717) is 27.3 Å². The van der Waals surface area contributed by atoms with Crippen LogP contribution in [0.15, 0.2) is 53.9 Å². The van der Waals surface area contributed by atoms with Crippen LogP contribution >= 0.6 is 22.9 Å². The van der Waals surface area contributed by atoms with Crippen molar-refractivity contribution in [3.05, 3.63) is 70.1 Å². The summed E-state index contributed by atoms with van der Waals surface area (Å²) in [5, 5.41) is 5.57. The summed E-state index contributed by atoms with van der Waals surface area (Å²) in [7, 11) is 0. The zero-order chi connectivity index (χ0) is 24.8. The molecule has 1 fully saturated rings. The van der Waals surface area contributed by atoms with Crippen LogP contribution in [0, 0.1) is 0 Å². The van der Waals surface area contributed by atoms with Crippen molar-refractivity contribution in [2.45, 2.75) is 58.0 Å². The van der Waals surface area contributed by atoms with E-state index in [-0.39, 0.29) is 18.6 Å². The molecule has 1 amide bonds. The molecule has 35 heavy (non-hydrogen) atoms. The van der Waals surface area contributed by atoms with Crippen molar-refractivity contribution in [3.8, 4) is 16.9 Å². The second kappa shape index (κ2) is 11.7. The summed E-state index contributed by atoms with van der Waals surface area (Å²) >= 11 is 7.40. The van der Waals surface area contributed by atoms with Crippen LogP contribution in [0.5, 0.6) is 5.75 Å². The van der Waals surface area contributed by atoms with Crippen LogP contribution in [0.25, 0.3) is 11.1 Å². The molecule has 3 aromatic rings. The first-order chi connectivity index (χ1) is 16.9. The smallest absolute Gasteiger partial charge is 0.342 e. The Kier molecular flexibility index (Phi) is 8.47. The summed E-state index contributed by atoms with van der Waals surface area (Å²) in [5.74, 6) is 0.187. The van der Waals surface area contributed by atoms with Crippen LogP contribution in [-0.4, -0.2) is 24.6 Å². The third kappa shape index (κ3) is 6.44. The van der Waals surface area contributed by atoms with Crippen molar-refractivity contribution < 1.29 is 19.1 Å². The summed E-state index contributed by atoms with van der Waals surface area (Å²) in [6.07, 6.45) is 6.07. The number of ether oxygens (including phenoxy) is 2. The minimum atomic E-state index is -0.463. The Bertz CT molecular complexity index is 1170. The van der Waals surface area contributed by atoms with Crippen LogP contribution < -0.4 is 10.1 Å². The predicted molar refractivity (Wildman–Crippen MR) is 142 cm³/mol. The number of halogens is 1. The van der Waals surface area contributed by atoms with E-state index in [1.54, 1.807) is 38.1 Å². The fourth-order valence-corrected chi connectivity index (χ4v) is 5.54. The zero-order valence-electron chi connectivity index (χ0n) is 20.0. The molecule has 5 nitrogen and oxygen atoms in total. The monoisotopic (exact) mass is 511 g/mol. The molecular weight excluding hydrogens is 482 g/mol. The number of esters is 1. The van der Waals surface area contributed by atoms with Crippen molar-refractivity contribution in [1.29, 1.82) is 0 Å². The first kappa shape index (κ1) is 25.3. The maximum atomic E-state index is 13.0. The number of benzene rings is 2. The van der Waals surface area contributed by atoms with Gasteiger partial charge in [-0.3, -0.25) is 4.79 Å². The summed E-state index contributed by atoms with van der Waals surface area (Å²) in [6, 6.07) is 15.4. The molecule has 1 aliphatic rings. The topological polar surface area (TPSA) is 64.6 Å². The largest absolute Gasteiger partial charge is 0.482 e. The average Bonchev–Trinajstić information content (AvgIpc) is 3.27. The average molecular weight is 512 g/mol. The second-order valence-electron chi connectivity index (χ2n) is 9.03. The molecule has 0 spiro atoms. The van der Waals surface area contributed by atoms with Gasteiger partial charge < -0.3 is 14.8 Å². The number of thiophene rings is 1. The Morgan fingerprint density at radius 3 is 2.46 bits per heavy atom. The Hall–Kier alpha value is -2.83. The Labute approximate surface area is 215 Å². The predicted octanol–water partition coefficient (Wildman–Crippen LogP) is 7.70. The van der Waals surface area contributed by atoms with Crippen molar-refractivity contribution in [1.82, 2.24) is 0 Å². The van der Waals surface area contributed by atoms with Gasteiger partial charge in [-0.1, -0.05) is 67.3 Å². The van der Waals surface area contributed by atoms with E-state index in [9.17, 15) is 9.59 Å². The molecule has 7 heteroatoms. The van der Waals surface area contributed by atoms with Crippen LogP contribution in [0.2, 0.25) is 5.02 Å². The highest BCUT2D eigenvalue weighted by Gasteiger charge is 2.24. The number of para-hydroxylation sites is 1. The molecule has 1 aromatic heterocycles. The summed E-state index contributed by atoms with van der Waals surface area (Å²) in [5.41, 5.74) is 3.38. The van der Waals surface area contributed by atoms with E-state index in [4.69, 9.17) is 21.1 Å². The normalized spacial score (nSPS) is 14.1. The number of carbonyl (C=O) groups is 2. The van der Waals surface area contributed by atoms with Gasteiger partial charge in [0.05, 0.1) is 11.1 Å². The summed E-state index contributed by atoms with van der Waals surface area (Å²) in [6.45, 7) is 3.38. The molecule has 0 saturated heterocycles. The molecule has 0 aliphatic heterocycles. The second-order valence-corrected chi connectivity index (χ2v) is 10.3. The fourth-order valence-electron chi connectivity index (χ4n) is 4.38. The standard InChI is InChI=1S/C28H30ClNO4S/c1-18(2)34-28(32)26-22(21-14-12-20(13-15-21)19-8-4-3-5-9-19)17-35-27(26)30-25(31)16-33-24-11-7-6-10-23(24)29/h6-7,10-15,17-19H,3-5,8-9,16H2,1-2H3,(H,30,31). The van der Waals surface area contributed by atoms with Crippen LogP contribution in [0.4, 0.5) is 5.00 Å². The lowest BCUT2D eigenvalue weighted by molar-refractivity contribution is -0.118. The van der Waals surface area contributed by atoms with E-state index in [1.165, 1.54) is 49.0 Å². The van der Waals surface area contributed by atoms with Gasteiger partial charge in [-0.25, -0.2) is 4.79 Å². The Morgan fingerprint density at radius 2 is 1.77 bits per heavy atom. The highest BCUT2D eigenvalue weighted by Crippen LogP contribution is 2.38. The summed E-state index contributed by atoms with van der Waals surface area (Å²) < 4.78 is 11.1. The van der Waals surface area contributed by atoms with Gasteiger partial charge >= 0.3 is 5.97 Å². The van der Waals surface area contributed by atoms with E-state index in [2.05, 4.69) is 29.6 Å². The van der Waals surface area contributed by atoms with E-state index in [0.717, 1.165) is 11.1 Å². The van der Waals surface area contributed by atoms with E-state index < -0.39 is 5.97 Å². The first-order valence-corrected chi connectivity index (χ1v) is 13.3. The SMILES string of the molecule is CC(C)OC(=O)c1c(-c2ccc(C3CCCCC3)cc2)csc1NC(=O)COc1ccccc1Cl. The highest BCUT2D eigenvalue weighted by molar-refractivity contribution is 7.15. The minimum Gasteiger partial charge on any atom is -0.482 e. The number of nitrogens with one attached hydrogen (secondary N) is 1. The quantitative estimate of drug-likeness (QED) is 0.315. The first-order valence-electron chi connectivity index (χ1n) is 12.0. The van der Waals surface area contributed by atoms with Gasteiger partial charge in [0, 0.05) is 10.9 Å². The Morgan fingerprint density at radius 1 is 1.06 bits per heavy atom. The van der Waals surface area contributed by atoms with Gasteiger partial charge in [-0.05, 0) is 55.9 Å². The molecule has 1 heterocycles. The van der Waals surface area contributed by atoms with Crippen LogP contribution in [-0.2, 0) is 9.53 Å². The molecule has 0 bridgehead atoms. The van der Waals surface area contributed by atoms with Gasteiger partial charge in [0.2, 0.25) is 0 Å². The van der Waals surface area contributed by atoms with Gasteiger partial charge in [0.15, 0.2) is 6.61 Å². The zero-order valence-corrected chi connectivity index (χ0v) is 21.6. The number of amides is 1. The maximum Gasteiger partial charge on any atom is 0.342 e. The van der Waals surface area contributed by atoms with Crippen molar-refractivity contribution in [2.75, 3.05) is 11.9 Å². The lowest BCUT2D eigenvalue weighted by Gasteiger charge is -2.22. The molecule has 1 N–H and O–H groups in total. The minimum absolute atomic E-state index is 0.230. The van der Waals surface area contributed by atoms with Crippen molar-refractivity contribution in [2.24, 2.45) is 0 Å². The number of anilines is 1. The highest BCUT2D eigenvalue weighted by atomic mass is 35.5.